The smallest absolute Gasteiger partial charge is 0.0515 e. The first-order chi connectivity index (χ1) is 12.7. The summed E-state index contributed by atoms with van der Waals surface area (Å²) in [6.45, 7) is 1.12. The van der Waals surface area contributed by atoms with E-state index in [9.17, 15) is 0 Å². The van der Waals surface area contributed by atoms with E-state index < -0.39 is 0 Å². The Morgan fingerprint density at radius 1 is 0.731 bits per heavy atom. The molecule has 1 aliphatic heterocycles. The summed E-state index contributed by atoms with van der Waals surface area (Å²) in [5, 5.41) is 5.64. The van der Waals surface area contributed by atoms with Crippen LogP contribution in [0.4, 0.5) is 0 Å². The van der Waals surface area contributed by atoms with Crippen LogP contribution in [-0.4, -0.2) is 42.3 Å². The molecule has 0 N–H and O–H groups in total. The Balaban J connectivity index is 0.000000178. The van der Waals surface area contributed by atoms with Gasteiger partial charge in [0.05, 0.1) is 6.67 Å². The molecule has 1 aliphatic carbocycles. The summed E-state index contributed by atoms with van der Waals surface area (Å²) in [4.78, 5) is 4.60. The van der Waals surface area contributed by atoms with Crippen molar-refractivity contribution < 1.29 is 0 Å². The second-order valence-electron chi connectivity index (χ2n) is 7.61. The Morgan fingerprint density at radius 3 is 2.23 bits per heavy atom. The highest BCUT2D eigenvalue weighted by Gasteiger charge is 2.13. The average molecular weight is 365 g/mol. The van der Waals surface area contributed by atoms with Crippen molar-refractivity contribution in [3.8, 4) is 0 Å². The summed E-state index contributed by atoms with van der Waals surface area (Å²) in [7, 11) is 4.28. The molecule has 0 atom stereocenters. The first-order valence-electron chi connectivity index (χ1n) is 9.59. The summed E-state index contributed by atoms with van der Waals surface area (Å²) >= 11 is 1.96. The molecular formula is C23H28N2S. The van der Waals surface area contributed by atoms with Gasteiger partial charge in [-0.3, -0.25) is 9.80 Å². The number of nitrogens with zero attached hydrogens (tertiary/aromatic N) is 2. The van der Waals surface area contributed by atoms with Gasteiger partial charge in [-0.15, -0.1) is 11.8 Å². The fourth-order valence-electron chi connectivity index (χ4n) is 4.19. The summed E-state index contributed by atoms with van der Waals surface area (Å²) in [5.74, 6) is 2.37. The van der Waals surface area contributed by atoms with E-state index in [1.165, 1.54) is 59.0 Å². The van der Waals surface area contributed by atoms with E-state index in [1.807, 2.05) is 11.8 Å². The first-order valence-corrected chi connectivity index (χ1v) is 10.7. The molecule has 0 unspecified atom stereocenters. The Kier molecular flexibility index (Phi) is 5.49. The van der Waals surface area contributed by atoms with Crippen LogP contribution in [0.2, 0.25) is 0 Å². The number of aryl methyl sites for hydroxylation is 2. The standard InChI is InChI=1S/C18H16.C5H12N2S/c1-3-7-15-13(5-1)9-11-18-16-8-4-2-6-14(16)10-12-17(15)18;1-6-3-7(2)5-8-4-6/h1,3,5,7,9-12H,2,4,6,8H2;3-5H2,1-2H3. The maximum Gasteiger partial charge on any atom is 0.0515 e. The lowest BCUT2D eigenvalue weighted by Gasteiger charge is -2.29. The summed E-state index contributed by atoms with van der Waals surface area (Å²) in [5.41, 5.74) is 3.17. The third kappa shape index (κ3) is 3.75. The lowest BCUT2D eigenvalue weighted by atomic mass is 9.86. The van der Waals surface area contributed by atoms with E-state index in [1.54, 1.807) is 11.1 Å². The van der Waals surface area contributed by atoms with Gasteiger partial charge in [0.15, 0.2) is 0 Å². The Bertz CT molecular complexity index is 897. The largest absolute Gasteiger partial charge is 0.284 e. The Morgan fingerprint density at radius 2 is 1.46 bits per heavy atom. The number of hydrogen-bond donors (Lipinski definition) is 0. The molecule has 0 bridgehead atoms. The maximum absolute atomic E-state index is 2.35. The minimum Gasteiger partial charge on any atom is -0.284 e. The minimum absolute atomic E-state index is 1.12. The molecule has 1 heterocycles. The molecule has 1 saturated heterocycles. The van der Waals surface area contributed by atoms with Crippen LogP contribution in [0.15, 0.2) is 48.5 Å². The Hall–Kier alpha value is -1.55. The number of benzene rings is 3. The van der Waals surface area contributed by atoms with Crippen LogP contribution in [0, 0.1) is 0 Å². The van der Waals surface area contributed by atoms with Gasteiger partial charge in [0.1, 0.15) is 0 Å². The van der Waals surface area contributed by atoms with Crippen LogP contribution < -0.4 is 0 Å². The molecule has 3 aromatic rings. The van der Waals surface area contributed by atoms with Crippen molar-refractivity contribution in [3.05, 3.63) is 59.7 Å². The van der Waals surface area contributed by atoms with Crippen LogP contribution in [0.3, 0.4) is 0 Å². The fraction of sp³-hybridized carbons (Fsp3) is 0.391. The van der Waals surface area contributed by atoms with Gasteiger partial charge >= 0.3 is 0 Å². The number of rotatable bonds is 0. The molecular weight excluding hydrogens is 336 g/mol. The molecule has 3 heteroatoms. The van der Waals surface area contributed by atoms with Gasteiger partial charge in [-0.2, -0.15) is 0 Å². The SMILES string of the molecule is CN1CSCN(C)C1.c1ccc2c(c1)ccc1c3c(ccc12)CCCC3. The predicted octanol–water partition coefficient (Wildman–Crippen LogP) is 5.34. The van der Waals surface area contributed by atoms with Crippen LogP contribution >= 0.6 is 11.8 Å². The highest BCUT2D eigenvalue weighted by molar-refractivity contribution is 7.99. The Labute approximate surface area is 161 Å². The summed E-state index contributed by atoms with van der Waals surface area (Å²) < 4.78 is 0. The minimum atomic E-state index is 1.12. The van der Waals surface area contributed by atoms with Crippen molar-refractivity contribution in [1.29, 1.82) is 0 Å². The average Bonchev–Trinajstić information content (AvgIpc) is 2.68. The van der Waals surface area contributed by atoms with Gasteiger partial charge < -0.3 is 0 Å². The summed E-state index contributed by atoms with van der Waals surface area (Å²) in [6.07, 6.45) is 5.22. The molecule has 0 spiro atoms. The second-order valence-corrected chi connectivity index (χ2v) is 8.53. The van der Waals surface area contributed by atoms with E-state index in [0.29, 0.717) is 0 Å². The number of thioether (sulfide) groups is 1. The quantitative estimate of drug-likeness (QED) is 0.497. The van der Waals surface area contributed by atoms with E-state index in [4.69, 9.17) is 0 Å². The normalized spacial score (nSPS) is 18.4. The zero-order chi connectivity index (χ0) is 17.9. The molecule has 3 aromatic carbocycles. The van der Waals surface area contributed by atoms with E-state index in [0.717, 1.165) is 6.67 Å². The van der Waals surface area contributed by atoms with Crippen LogP contribution in [0.25, 0.3) is 21.5 Å². The van der Waals surface area contributed by atoms with Crippen molar-refractivity contribution in [1.82, 2.24) is 9.80 Å². The third-order valence-electron chi connectivity index (χ3n) is 5.36. The highest BCUT2D eigenvalue weighted by atomic mass is 32.2. The van der Waals surface area contributed by atoms with E-state index in [2.05, 4.69) is 72.4 Å². The van der Waals surface area contributed by atoms with Crippen molar-refractivity contribution in [2.24, 2.45) is 0 Å². The lowest BCUT2D eigenvalue weighted by molar-refractivity contribution is 0.217. The second kappa shape index (κ2) is 7.99. The molecule has 136 valence electrons. The lowest BCUT2D eigenvalue weighted by Crippen LogP contribution is -2.37. The van der Waals surface area contributed by atoms with Gasteiger partial charge in [0.25, 0.3) is 0 Å². The highest BCUT2D eigenvalue weighted by Crippen LogP contribution is 2.33. The molecule has 0 radical (unpaired) electrons. The van der Waals surface area contributed by atoms with Crippen LogP contribution in [0.5, 0.6) is 0 Å². The predicted molar refractivity (Wildman–Crippen MR) is 116 cm³/mol. The molecule has 0 aromatic heterocycles. The maximum atomic E-state index is 2.35. The van der Waals surface area contributed by atoms with Crippen LogP contribution in [0.1, 0.15) is 24.0 Å². The van der Waals surface area contributed by atoms with Gasteiger partial charge in [-0.1, -0.05) is 48.5 Å². The third-order valence-corrected chi connectivity index (χ3v) is 6.61. The first kappa shape index (κ1) is 17.8. The van der Waals surface area contributed by atoms with E-state index in [-0.39, 0.29) is 0 Å². The fourth-order valence-corrected chi connectivity index (χ4v) is 5.06. The zero-order valence-electron chi connectivity index (χ0n) is 15.9. The number of fused-ring (bicyclic) bond motifs is 5. The topological polar surface area (TPSA) is 6.48 Å². The molecule has 2 nitrogen and oxygen atoms in total. The molecule has 0 saturated carbocycles. The van der Waals surface area contributed by atoms with Gasteiger partial charge in [-0.25, -0.2) is 0 Å². The molecule has 1 fully saturated rings. The van der Waals surface area contributed by atoms with Gasteiger partial charge in [-0.05, 0) is 72.5 Å². The van der Waals surface area contributed by atoms with Crippen LogP contribution in [-0.2, 0) is 12.8 Å². The van der Waals surface area contributed by atoms with Gasteiger partial charge in [0.2, 0.25) is 0 Å². The summed E-state index contributed by atoms with van der Waals surface area (Å²) in [6, 6.07) is 18.0. The number of hydrogen-bond acceptors (Lipinski definition) is 3. The van der Waals surface area contributed by atoms with Crippen molar-refractivity contribution in [2.75, 3.05) is 32.5 Å². The zero-order valence-corrected chi connectivity index (χ0v) is 16.7. The van der Waals surface area contributed by atoms with E-state index >= 15 is 0 Å². The van der Waals surface area contributed by atoms with Crippen molar-refractivity contribution in [2.45, 2.75) is 25.7 Å². The van der Waals surface area contributed by atoms with Crippen molar-refractivity contribution >= 4 is 33.3 Å². The van der Waals surface area contributed by atoms with Gasteiger partial charge in [0, 0.05) is 11.8 Å². The monoisotopic (exact) mass is 364 g/mol. The molecule has 5 rings (SSSR count). The molecule has 0 amide bonds. The molecule has 26 heavy (non-hydrogen) atoms. The molecule has 2 aliphatic rings. The van der Waals surface area contributed by atoms with Crippen molar-refractivity contribution in [3.63, 3.8) is 0 Å².